The molecule has 0 aliphatic rings. The molecule has 0 nitrogen and oxygen atoms in total. The molecule has 5 rings (SSSR count). The van der Waals surface area contributed by atoms with E-state index in [4.69, 9.17) is 0 Å². The van der Waals surface area contributed by atoms with Crippen molar-refractivity contribution in [3.05, 3.63) is 133 Å². The van der Waals surface area contributed by atoms with Crippen LogP contribution in [0.25, 0.3) is 0 Å². The van der Waals surface area contributed by atoms with Crippen molar-refractivity contribution in [3.8, 4) is 0 Å². The SMILES string of the molecule is c1ccc(Sc2cccc(Sc3cccc(Sc4cccc(Sc5ccccc5)c4)c3)c2)cc1. The van der Waals surface area contributed by atoms with E-state index in [1.165, 1.54) is 39.2 Å². The maximum Gasteiger partial charge on any atom is 0.0133 e. The van der Waals surface area contributed by atoms with E-state index in [9.17, 15) is 0 Å². The molecule has 0 saturated carbocycles. The van der Waals surface area contributed by atoms with Gasteiger partial charge in [-0.05, 0) is 78.9 Å². The van der Waals surface area contributed by atoms with Gasteiger partial charge in [-0.1, -0.05) is 102 Å². The molecule has 0 unspecified atom stereocenters. The molecule has 0 heterocycles. The second-order valence-corrected chi connectivity index (χ2v) is 12.0. The molecule has 0 N–H and O–H groups in total. The fourth-order valence-electron chi connectivity index (χ4n) is 3.32. The summed E-state index contributed by atoms with van der Waals surface area (Å²) < 4.78 is 0. The molecule has 4 heteroatoms. The minimum absolute atomic E-state index is 1.25. The first kappa shape index (κ1) is 23.3. The zero-order valence-corrected chi connectivity index (χ0v) is 21.6. The van der Waals surface area contributed by atoms with E-state index in [0.717, 1.165) is 0 Å². The molecule has 0 saturated heterocycles. The Morgan fingerprint density at radius 3 is 0.765 bits per heavy atom. The van der Waals surface area contributed by atoms with Gasteiger partial charge in [0, 0.05) is 39.2 Å². The Morgan fingerprint density at radius 1 is 0.235 bits per heavy atom. The van der Waals surface area contributed by atoms with Crippen molar-refractivity contribution in [1.29, 1.82) is 0 Å². The van der Waals surface area contributed by atoms with E-state index in [2.05, 4.69) is 133 Å². The van der Waals surface area contributed by atoms with Crippen LogP contribution in [0.5, 0.6) is 0 Å². The van der Waals surface area contributed by atoms with Crippen molar-refractivity contribution < 1.29 is 0 Å². The normalized spacial score (nSPS) is 10.8. The summed E-state index contributed by atoms with van der Waals surface area (Å²) in [5.41, 5.74) is 0. The Labute approximate surface area is 218 Å². The van der Waals surface area contributed by atoms with Crippen LogP contribution >= 0.6 is 47.0 Å². The van der Waals surface area contributed by atoms with E-state index in [-0.39, 0.29) is 0 Å². The summed E-state index contributed by atoms with van der Waals surface area (Å²) >= 11 is 7.22. The summed E-state index contributed by atoms with van der Waals surface area (Å²) in [6, 6.07) is 47.4. The highest BCUT2D eigenvalue weighted by Gasteiger charge is 2.05. The molecule has 5 aromatic rings. The Balaban J connectivity index is 1.26. The van der Waals surface area contributed by atoms with Gasteiger partial charge in [0.1, 0.15) is 0 Å². The van der Waals surface area contributed by atoms with Crippen LogP contribution in [-0.2, 0) is 0 Å². The zero-order chi connectivity index (χ0) is 23.0. The van der Waals surface area contributed by atoms with Crippen LogP contribution in [0.3, 0.4) is 0 Å². The Kier molecular flexibility index (Phi) is 8.05. The van der Waals surface area contributed by atoms with Crippen LogP contribution in [0.15, 0.2) is 173 Å². The van der Waals surface area contributed by atoms with Gasteiger partial charge >= 0.3 is 0 Å². The highest BCUT2D eigenvalue weighted by atomic mass is 32.2. The summed E-state index contributed by atoms with van der Waals surface area (Å²) in [7, 11) is 0. The van der Waals surface area contributed by atoms with E-state index >= 15 is 0 Å². The van der Waals surface area contributed by atoms with E-state index < -0.39 is 0 Å². The molecule has 5 aromatic carbocycles. The molecular formula is C30H22S4. The highest BCUT2D eigenvalue weighted by molar-refractivity contribution is 8.01. The molecule has 0 bridgehead atoms. The third-order valence-electron chi connectivity index (χ3n) is 4.85. The minimum Gasteiger partial charge on any atom is -0.0901 e. The predicted molar refractivity (Wildman–Crippen MR) is 149 cm³/mol. The van der Waals surface area contributed by atoms with Gasteiger partial charge < -0.3 is 0 Å². The summed E-state index contributed by atoms with van der Waals surface area (Å²) in [5, 5.41) is 0. The third-order valence-corrected chi connectivity index (χ3v) is 8.80. The number of hydrogen-bond acceptors (Lipinski definition) is 4. The smallest absolute Gasteiger partial charge is 0.0133 e. The minimum atomic E-state index is 1.25. The maximum atomic E-state index is 2.28. The van der Waals surface area contributed by atoms with Crippen molar-refractivity contribution in [2.45, 2.75) is 39.2 Å². The van der Waals surface area contributed by atoms with Gasteiger partial charge in [0.25, 0.3) is 0 Å². The van der Waals surface area contributed by atoms with Crippen molar-refractivity contribution in [2.75, 3.05) is 0 Å². The predicted octanol–water partition coefficient (Wildman–Crippen LogP) is 10.3. The van der Waals surface area contributed by atoms with Crippen LogP contribution in [0.4, 0.5) is 0 Å². The maximum absolute atomic E-state index is 2.28. The summed E-state index contributed by atoms with van der Waals surface area (Å²) in [5.74, 6) is 0. The number of hydrogen-bond donors (Lipinski definition) is 0. The first-order chi connectivity index (χ1) is 16.8. The number of benzene rings is 5. The molecule has 0 spiro atoms. The van der Waals surface area contributed by atoms with E-state index in [1.807, 2.05) is 23.5 Å². The third kappa shape index (κ3) is 6.77. The quantitative estimate of drug-likeness (QED) is 0.203. The highest BCUT2D eigenvalue weighted by Crippen LogP contribution is 2.37. The monoisotopic (exact) mass is 510 g/mol. The van der Waals surface area contributed by atoms with Crippen molar-refractivity contribution in [2.24, 2.45) is 0 Å². The summed E-state index contributed by atoms with van der Waals surface area (Å²) in [6.45, 7) is 0. The average molecular weight is 511 g/mol. The summed E-state index contributed by atoms with van der Waals surface area (Å²) in [6.07, 6.45) is 0. The summed E-state index contributed by atoms with van der Waals surface area (Å²) in [4.78, 5) is 10.0. The molecule has 0 radical (unpaired) electrons. The van der Waals surface area contributed by atoms with Gasteiger partial charge in [-0.2, -0.15) is 0 Å². The Bertz CT molecular complexity index is 1250. The fourth-order valence-corrected chi connectivity index (χ4v) is 7.22. The number of rotatable bonds is 8. The van der Waals surface area contributed by atoms with Crippen molar-refractivity contribution in [1.82, 2.24) is 0 Å². The molecule has 0 aliphatic carbocycles. The lowest BCUT2D eigenvalue weighted by atomic mass is 10.4. The lowest BCUT2D eigenvalue weighted by Crippen LogP contribution is -1.79. The van der Waals surface area contributed by atoms with Gasteiger partial charge in [0.2, 0.25) is 0 Å². The molecule has 0 fully saturated rings. The molecule has 0 amide bonds. The van der Waals surface area contributed by atoms with Gasteiger partial charge in [-0.15, -0.1) is 0 Å². The van der Waals surface area contributed by atoms with Crippen molar-refractivity contribution >= 4 is 47.0 Å². The molecular weight excluding hydrogens is 489 g/mol. The van der Waals surface area contributed by atoms with Gasteiger partial charge in [0.15, 0.2) is 0 Å². The lowest BCUT2D eigenvalue weighted by Gasteiger charge is -2.08. The molecule has 0 atom stereocenters. The van der Waals surface area contributed by atoms with Crippen LogP contribution in [-0.4, -0.2) is 0 Å². The standard InChI is InChI=1S/C30H22S4/c1-3-10-23(11-4-1)31-25-14-7-16-27(20-25)33-29-18-9-19-30(22-29)34-28-17-8-15-26(21-28)32-24-12-5-2-6-13-24/h1-22H. The topological polar surface area (TPSA) is 0 Å². The molecule has 34 heavy (non-hydrogen) atoms. The largest absolute Gasteiger partial charge is 0.0901 e. The second kappa shape index (κ2) is 11.8. The zero-order valence-electron chi connectivity index (χ0n) is 18.3. The van der Waals surface area contributed by atoms with E-state index in [0.29, 0.717) is 0 Å². The lowest BCUT2D eigenvalue weighted by molar-refractivity contribution is 1.28. The van der Waals surface area contributed by atoms with E-state index in [1.54, 1.807) is 23.5 Å². The van der Waals surface area contributed by atoms with Gasteiger partial charge in [-0.3, -0.25) is 0 Å². The molecule has 0 aliphatic heterocycles. The fraction of sp³-hybridized carbons (Fsp3) is 0. The van der Waals surface area contributed by atoms with Crippen LogP contribution in [0.2, 0.25) is 0 Å². The molecule has 0 aromatic heterocycles. The Hall–Kier alpha value is -2.50. The first-order valence-corrected chi connectivity index (χ1v) is 14.2. The van der Waals surface area contributed by atoms with Gasteiger partial charge in [-0.25, -0.2) is 0 Å². The van der Waals surface area contributed by atoms with Crippen LogP contribution in [0, 0.1) is 0 Å². The van der Waals surface area contributed by atoms with Crippen LogP contribution in [0.1, 0.15) is 0 Å². The van der Waals surface area contributed by atoms with Crippen LogP contribution < -0.4 is 0 Å². The van der Waals surface area contributed by atoms with Crippen molar-refractivity contribution in [3.63, 3.8) is 0 Å². The van der Waals surface area contributed by atoms with Gasteiger partial charge in [0.05, 0.1) is 0 Å². The second-order valence-electron chi connectivity index (χ2n) is 7.46. The molecule has 166 valence electrons. The average Bonchev–Trinajstić information content (AvgIpc) is 2.86. The first-order valence-electron chi connectivity index (χ1n) is 10.9. The Morgan fingerprint density at radius 2 is 0.471 bits per heavy atom.